The van der Waals surface area contributed by atoms with E-state index >= 15 is 0 Å². The largest absolute Gasteiger partial charge is 0.453 e. The smallest absolute Gasteiger partial charge is 0.383 e. The van der Waals surface area contributed by atoms with Crippen LogP contribution in [0.2, 0.25) is 0 Å². The summed E-state index contributed by atoms with van der Waals surface area (Å²) in [6.45, 7) is 1.62. The average Bonchev–Trinajstić information content (AvgIpc) is 3.23. The van der Waals surface area contributed by atoms with E-state index in [0.717, 1.165) is 10.8 Å². The van der Waals surface area contributed by atoms with E-state index in [2.05, 4.69) is 30.4 Å². The van der Waals surface area contributed by atoms with E-state index in [9.17, 15) is 26.7 Å². The molecule has 0 unspecified atom stereocenters. The molecule has 158 valence electrons. The molecule has 3 N–H and O–H groups in total. The second-order valence-electron chi connectivity index (χ2n) is 6.71. The Morgan fingerprint density at radius 2 is 1.93 bits per heavy atom. The Bertz CT molecular complexity index is 1160. The quantitative estimate of drug-likeness (QED) is 0.612. The minimum atomic E-state index is -5.68. The minimum Gasteiger partial charge on any atom is -0.383 e. The molecule has 1 atom stereocenters. The fourth-order valence-electron chi connectivity index (χ4n) is 3.06. The second kappa shape index (κ2) is 6.53. The number of nitrogens with one attached hydrogen (secondary N) is 1. The lowest BCUT2D eigenvalue weighted by Gasteiger charge is -2.19. The highest BCUT2D eigenvalue weighted by molar-refractivity contribution is 6.03. The number of nitrogens with two attached hydrogens (primary N) is 1. The number of anilines is 2. The fourth-order valence-corrected chi connectivity index (χ4v) is 3.06. The highest BCUT2D eigenvalue weighted by Gasteiger charge is 2.56. The molecule has 4 heterocycles. The van der Waals surface area contributed by atoms with Gasteiger partial charge in [0.05, 0.1) is 17.8 Å². The van der Waals surface area contributed by atoms with Crippen molar-refractivity contribution in [1.29, 1.82) is 0 Å². The number of nitrogens with zero attached hydrogens (tertiary/aromatic N) is 6. The van der Waals surface area contributed by atoms with Gasteiger partial charge in [-0.05, 0) is 13.3 Å². The summed E-state index contributed by atoms with van der Waals surface area (Å²) >= 11 is 0. The summed E-state index contributed by atoms with van der Waals surface area (Å²) in [5.41, 5.74) is 6.23. The molecule has 0 aliphatic carbocycles. The lowest BCUT2D eigenvalue weighted by Crippen LogP contribution is -2.36. The zero-order valence-corrected chi connectivity index (χ0v) is 15.2. The second-order valence-corrected chi connectivity index (χ2v) is 6.71. The molecule has 1 aliphatic heterocycles. The van der Waals surface area contributed by atoms with E-state index in [1.807, 2.05) is 0 Å². The summed E-state index contributed by atoms with van der Waals surface area (Å²) in [6.07, 6.45) is -5.49. The molecule has 0 aromatic carbocycles. The Morgan fingerprint density at radius 1 is 1.20 bits per heavy atom. The predicted molar refractivity (Wildman–Crippen MR) is 92.6 cm³/mol. The van der Waals surface area contributed by atoms with E-state index in [1.54, 1.807) is 6.92 Å². The van der Waals surface area contributed by atoms with Crippen LogP contribution >= 0.6 is 0 Å². The molecule has 30 heavy (non-hydrogen) atoms. The van der Waals surface area contributed by atoms with Crippen LogP contribution in [0.4, 0.5) is 33.6 Å². The number of nitrogen functional groups attached to an aromatic ring is 1. The molecule has 0 saturated carbocycles. The maximum Gasteiger partial charge on any atom is 0.453 e. The first-order chi connectivity index (χ1) is 14.0. The molecule has 0 radical (unpaired) electrons. The van der Waals surface area contributed by atoms with E-state index in [0.29, 0.717) is 5.56 Å². The third-order valence-corrected chi connectivity index (χ3v) is 4.69. The zero-order valence-electron chi connectivity index (χ0n) is 15.2. The molecule has 0 saturated heterocycles. The van der Waals surface area contributed by atoms with Crippen LogP contribution in [0.1, 0.15) is 30.5 Å². The van der Waals surface area contributed by atoms with E-state index in [4.69, 9.17) is 5.73 Å². The number of carbonyl (C=O) groups excluding carboxylic acids is 1. The highest BCUT2D eigenvalue weighted by Crippen LogP contribution is 2.39. The van der Waals surface area contributed by atoms with Crippen molar-refractivity contribution in [1.82, 2.24) is 29.5 Å². The number of halogens is 5. The van der Waals surface area contributed by atoms with Gasteiger partial charge < -0.3 is 11.1 Å². The van der Waals surface area contributed by atoms with Gasteiger partial charge in [0.25, 0.3) is 0 Å². The van der Waals surface area contributed by atoms with E-state index in [-0.39, 0.29) is 40.4 Å². The van der Waals surface area contributed by atoms with Crippen molar-refractivity contribution in [3.8, 4) is 11.5 Å². The maximum absolute atomic E-state index is 13.4. The summed E-state index contributed by atoms with van der Waals surface area (Å²) in [5, 5.41) is 6.43. The maximum atomic E-state index is 13.4. The molecule has 9 nitrogen and oxygen atoms in total. The van der Waals surface area contributed by atoms with Crippen LogP contribution < -0.4 is 11.1 Å². The van der Waals surface area contributed by atoms with Crippen molar-refractivity contribution in [3.05, 3.63) is 23.8 Å². The van der Waals surface area contributed by atoms with Crippen molar-refractivity contribution in [2.45, 2.75) is 37.8 Å². The monoisotopic (exact) mass is 428 g/mol. The molecule has 4 rings (SSSR count). The van der Waals surface area contributed by atoms with Gasteiger partial charge in [-0.3, -0.25) is 4.79 Å². The Balaban J connectivity index is 1.75. The first-order valence-electron chi connectivity index (χ1n) is 8.60. The lowest BCUT2D eigenvalue weighted by molar-refractivity contribution is -0.284. The molecule has 3 aromatic heterocycles. The third-order valence-electron chi connectivity index (χ3n) is 4.69. The Labute approximate surface area is 164 Å². The number of rotatable bonds is 4. The number of carbonyl (C=O) groups is 1. The number of hydrogen-bond donors (Lipinski definition) is 2. The van der Waals surface area contributed by atoms with Crippen LogP contribution in [0.15, 0.2) is 12.5 Å². The fraction of sp³-hybridized carbons (Fsp3) is 0.375. The molecule has 0 spiro atoms. The number of alkyl halides is 5. The third kappa shape index (κ3) is 3.17. The summed E-state index contributed by atoms with van der Waals surface area (Å²) in [4.78, 5) is 28.1. The van der Waals surface area contributed by atoms with Gasteiger partial charge >= 0.3 is 12.1 Å². The van der Waals surface area contributed by atoms with Crippen molar-refractivity contribution in [2.24, 2.45) is 0 Å². The number of fused-ring (bicyclic) bond motifs is 2. The molecular formula is C16H13F5N8O. The van der Waals surface area contributed by atoms with Gasteiger partial charge in [-0.1, -0.05) is 0 Å². The summed E-state index contributed by atoms with van der Waals surface area (Å²) in [6, 6.07) is 0. The molecule has 14 heteroatoms. The van der Waals surface area contributed by atoms with Crippen LogP contribution in [0, 0.1) is 0 Å². The molecule has 1 amide bonds. The van der Waals surface area contributed by atoms with Gasteiger partial charge in [-0.2, -0.15) is 27.1 Å². The number of aromatic nitrogens is 6. The molecule has 0 fully saturated rings. The number of amides is 1. The average molecular weight is 428 g/mol. The zero-order chi connectivity index (χ0) is 21.8. The molecule has 0 bridgehead atoms. The number of hydrogen-bond acceptors (Lipinski definition) is 7. The summed E-state index contributed by atoms with van der Waals surface area (Å²) in [7, 11) is 0. The van der Waals surface area contributed by atoms with Gasteiger partial charge in [-0.15, -0.1) is 0 Å². The molecular weight excluding hydrogens is 415 g/mol. The predicted octanol–water partition coefficient (Wildman–Crippen LogP) is 2.35. The highest BCUT2D eigenvalue weighted by atomic mass is 19.4. The first kappa shape index (κ1) is 19.8. The summed E-state index contributed by atoms with van der Waals surface area (Å²) < 4.78 is 65.4. The van der Waals surface area contributed by atoms with Crippen molar-refractivity contribution < 1.29 is 26.7 Å². The minimum absolute atomic E-state index is 0.0154. The normalized spacial score (nSPS) is 16.7. The van der Waals surface area contributed by atoms with Crippen LogP contribution in [0.5, 0.6) is 0 Å². The van der Waals surface area contributed by atoms with E-state index in [1.165, 1.54) is 6.20 Å². The first-order valence-corrected chi connectivity index (χ1v) is 8.60. The van der Waals surface area contributed by atoms with Gasteiger partial charge in [0.1, 0.15) is 23.7 Å². The topological polar surface area (TPSA) is 124 Å². The van der Waals surface area contributed by atoms with Crippen LogP contribution in [-0.2, 0) is 11.2 Å². The lowest BCUT2D eigenvalue weighted by atomic mass is 10.1. The number of aryl methyl sites for hydroxylation is 1. The standard InChI is InChI=1S/C16H13F5N8O/c1-6-9-10(22)26-11(27-12(9)28-14(6)30)8-4-29-13(23-5-24-29)7(25-8)2-3-15(17,18)16(19,20)21/h4-6H,2-3H2,1H3,(H3,22,26,27,28,30)/t6-/m1/s1. The SMILES string of the molecule is C[C@H]1C(=O)Nc2nc(-c3cn4ncnc4c(CCC(F)(F)C(F)(F)F)n3)nc(N)c21. The van der Waals surface area contributed by atoms with Crippen LogP contribution in [0.25, 0.3) is 17.2 Å². The molecule has 3 aromatic rings. The van der Waals surface area contributed by atoms with Crippen molar-refractivity contribution in [3.63, 3.8) is 0 Å². The van der Waals surface area contributed by atoms with E-state index < -0.39 is 30.9 Å². The van der Waals surface area contributed by atoms with Gasteiger partial charge in [0, 0.05) is 12.0 Å². The Hall–Kier alpha value is -3.45. The van der Waals surface area contributed by atoms with Crippen LogP contribution in [0.3, 0.4) is 0 Å². The van der Waals surface area contributed by atoms with Crippen LogP contribution in [-0.4, -0.2) is 47.6 Å². The Morgan fingerprint density at radius 3 is 2.63 bits per heavy atom. The van der Waals surface area contributed by atoms with Gasteiger partial charge in [-0.25, -0.2) is 24.5 Å². The summed E-state index contributed by atoms with van der Waals surface area (Å²) in [5.74, 6) is -5.62. The van der Waals surface area contributed by atoms with Gasteiger partial charge in [0.15, 0.2) is 11.5 Å². The molecule has 1 aliphatic rings. The van der Waals surface area contributed by atoms with Crippen molar-refractivity contribution >= 4 is 23.2 Å². The van der Waals surface area contributed by atoms with Crippen molar-refractivity contribution in [2.75, 3.05) is 11.1 Å². The Kier molecular flexibility index (Phi) is 4.32. The van der Waals surface area contributed by atoms with Gasteiger partial charge in [0.2, 0.25) is 5.91 Å².